The van der Waals surface area contributed by atoms with Gasteiger partial charge in [-0.15, -0.1) is 0 Å². The van der Waals surface area contributed by atoms with Crippen molar-refractivity contribution >= 4 is 5.96 Å². The summed E-state index contributed by atoms with van der Waals surface area (Å²) in [7, 11) is 0. The molecule has 0 aromatic heterocycles. The Morgan fingerprint density at radius 1 is 1.19 bits per heavy atom. The number of aliphatic imine (C=N–C) groups is 1. The Morgan fingerprint density at radius 3 is 2.56 bits per heavy atom. The van der Waals surface area contributed by atoms with Crippen LogP contribution in [0.4, 0.5) is 4.39 Å². The summed E-state index contributed by atoms with van der Waals surface area (Å²) in [5, 5.41) is 6.72. The van der Waals surface area contributed by atoms with E-state index in [1.165, 1.54) is 11.6 Å². The van der Waals surface area contributed by atoms with Crippen molar-refractivity contribution < 1.29 is 4.39 Å². The zero-order chi connectivity index (χ0) is 19.6. The van der Waals surface area contributed by atoms with Gasteiger partial charge in [-0.25, -0.2) is 4.39 Å². The third kappa shape index (κ3) is 7.11. The molecule has 1 saturated heterocycles. The molecule has 6 heteroatoms. The number of nitrogens with zero attached hydrogens (tertiary/aromatic N) is 3. The Bertz CT molecular complexity index is 596. The average Bonchev–Trinajstić information content (AvgIpc) is 2.67. The molecule has 0 bridgehead atoms. The standard InChI is InChI=1S/C21H36FN5/c1-5-23-21(24-10-9-19-7-8-20(22)15-17(19)3)25-16-18(4)27-13-11-26(6-2)12-14-27/h7-8,15,18H,5-6,9-14,16H2,1-4H3,(H2,23,24,25). The molecule has 2 N–H and O–H groups in total. The zero-order valence-corrected chi connectivity index (χ0v) is 17.4. The van der Waals surface area contributed by atoms with Gasteiger partial charge in [0.1, 0.15) is 5.82 Å². The van der Waals surface area contributed by atoms with Crippen LogP contribution >= 0.6 is 0 Å². The minimum absolute atomic E-state index is 0.173. The molecule has 1 aromatic rings. The molecule has 1 atom stereocenters. The number of nitrogens with one attached hydrogen (secondary N) is 2. The van der Waals surface area contributed by atoms with E-state index in [4.69, 9.17) is 4.99 Å². The fraction of sp³-hybridized carbons (Fsp3) is 0.667. The van der Waals surface area contributed by atoms with Crippen LogP contribution in [0.1, 0.15) is 31.9 Å². The van der Waals surface area contributed by atoms with Gasteiger partial charge in [0.15, 0.2) is 5.96 Å². The van der Waals surface area contributed by atoms with E-state index in [-0.39, 0.29) is 5.82 Å². The molecule has 1 aliphatic heterocycles. The highest BCUT2D eigenvalue weighted by atomic mass is 19.1. The average molecular weight is 378 g/mol. The topological polar surface area (TPSA) is 42.9 Å². The van der Waals surface area contributed by atoms with Gasteiger partial charge >= 0.3 is 0 Å². The van der Waals surface area contributed by atoms with Crippen LogP contribution in [0.25, 0.3) is 0 Å². The quantitative estimate of drug-likeness (QED) is 0.539. The zero-order valence-electron chi connectivity index (χ0n) is 17.4. The number of likely N-dealkylation sites (N-methyl/N-ethyl adjacent to an activating group) is 1. The van der Waals surface area contributed by atoms with E-state index in [1.54, 1.807) is 6.07 Å². The summed E-state index contributed by atoms with van der Waals surface area (Å²) in [4.78, 5) is 9.80. The molecule has 0 radical (unpaired) electrons. The minimum atomic E-state index is -0.173. The minimum Gasteiger partial charge on any atom is -0.357 e. The monoisotopic (exact) mass is 377 g/mol. The lowest BCUT2D eigenvalue weighted by atomic mass is 10.1. The number of hydrogen-bond acceptors (Lipinski definition) is 3. The number of halogens is 1. The molecule has 2 rings (SSSR count). The van der Waals surface area contributed by atoms with Crippen molar-refractivity contribution in [1.29, 1.82) is 0 Å². The van der Waals surface area contributed by atoms with Crippen LogP contribution in [0.5, 0.6) is 0 Å². The second-order valence-corrected chi connectivity index (χ2v) is 7.29. The van der Waals surface area contributed by atoms with Crippen LogP contribution in [-0.2, 0) is 6.42 Å². The molecule has 0 aliphatic carbocycles. The molecule has 0 saturated carbocycles. The Hall–Kier alpha value is -1.66. The van der Waals surface area contributed by atoms with Crippen molar-refractivity contribution in [1.82, 2.24) is 20.4 Å². The van der Waals surface area contributed by atoms with Crippen molar-refractivity contribution in [3.05, 3.63) is 35.1 Å². The van der Waals surface area contributed by atoms with Crippen molar-refractivity contribution in [3.8, 4) is 0 Å². The first-order valence-corrected chi connectivity index (χ1v) is 10.3. The smallest absolute Gasteiger partial charge is 0.191 e. The summed E-state index contributed by atoms with van der Waals surface area (Å²) in [6.07, 6.45) is 0.852. The molecular weight excluding hydrogens is 341 g/mol. The predicted molar refractivity (Wildman–Crippen MR) is 112 cm³/mol. The third-order valence-corrected chi connectivity index (χ3v) is 5.33. The summed E-state index contributed by atoms with van der Waals surface area (Å²) >= 11 is 0. The lowest BCUT2D eigenvalue weighted by molar-refractivity contribution is 0.109. The van der Waals surface area contributed by atoms with Gasteiger partial charge in [0.05, 0.1) is 6.54 Å². The largest absolute Gasteiger partial charge is 0.357 e. The summed E-state index contributed by atoms with van der Waals surface area (Å²) in [6, 6.07) is 5.43. The van der Waals surface area contributed by atoms with Gasteiger partial charge in [0, 0.05) is 45.3 Å². The second kappa shape index (κ2) is 11.2. The number of aryl methyl sites for hydroxylation is 1. The summed E-state index contributed by atoms with van der Waals surface area (Å²) in [5.41, 5.74) is 2.17. The van der Waals surface area contributed by atoms with E-state index in [9.17, 15) is 4.39 Å². The number of hydrogen-bond donors (Lipinski definition) is 2. The first-order chi connectivity index (χ1) is 13.0. The van der Waals surface area contributed by atoms with Gasteiger partial charge in [-0.1, -0.05) is 13.0 Å². The fourth-order valence-corrected chi connectivity index (χ4v) is 3.46. The number of benzene rings is 1. The van der Waals surface area contributed by atoms with E-state index in [1.807, 2.05) is 13.0 Å². The molecule has 152 valence electrons. The van der Waals surface area contributed by atoms with Gasteiger partial charge in [-0.3, -0.25) is 9.89 Å². The Labute approximate surface area is 164 Å². The highest BCUT2D eigenvalue weighted by Crippen LogP contribution is 2.10. The van der Waals surface area contributed by atoms with Crippen LogP contribution in [0.3, 0.4) is 0 Å². The van der Waals surface area contributed by atoms with Crippen molar-refractivity contribution in [2.24, 2.45) is 4.99 Å². The number of rotatable bonds is 8. The van der Waals surface area contributed by atoms with E-state index in [0.29, 0.717) is 6.04 Å². The van der Waals surface area contributed by atoms with Gasteiger partial charge in [0.2, 0.25) is 0 Å². The first kappa shape index (κ1) is 21.6. The number of guanidine groups is 1. The maximum Gasteiger partial charge on any atom is 0.191 e. The van der Waals surface area contributed by atoms with Crippen LogP contribution in [0, 0.1) is 12.7 Å². The van der Waals surface area contributed by atoms with Crippen molar-refractivity contribution in [2.45, 2.75) is 40.2 Å². The SMILES string of the molecule is CCNC(=NCC(C)N1CCN(CC)CC1)NCCc1ccc(F)cc1C. The van der Waals surface area contributed by atoms with Crippen LogP contribution in [0.2, 0.25) is 0 Å². The van der Waals surface area contributed by atoms with Gasteiger partial charge in [0.25, 0.3) is 0 Å². The van der Waals surface area contributed by atoms with Crippen LogP contribution in [-0.4, -0.2) is 74.2 Å². The maximum absolute atomic E-state index is 13.2. The molecule has 1 heterocycles. The lowest BCUT2D eigenvalue weighted by Gasteiger charge is -2.37. The van der Waals surface area contributed by atoms with Gasteiger partial charge in [-0.05, 0) is 57.0 Å². The summed E-state index contributed by atoms with van der Waals surface area (Å²) < 4.78 is 13.2. The molecule has 1 fully saturated rings. The molecular formula is C21H36FN5. The summed E-state index contributed by atoms with van der Waals surface area (Å²) in [6.45, 7) is 16.6. The fourth-order valence-electron chi connectivity index (χ4n) is 3.46. The van der Waals surface area contributed by atoms with Crippen LogP contribution < -0.4 is 10.6 Å². The van der Waals surface area contributed by atoms with Gasteiger partial charge < -0.3 is 15.5 Å². The van der Waals surface area contributed by atoms with Crippen LogP contribution in [0.15, 0.2) is 23.2 Å². The summed E-state index contributed by atoms with van der Waals surface area (Å²) in [5.74, 6) is 0.684. The van der Waals surface area contributed by atoms with E-state index < -0.39 is 0 Å². The molecule has 27 heavy (non-hydrogen) atoms. The van der Waals surface area contributed by atoms with Crippen molar-refractivity contribution in [2.75, 3.05) is 52.4 Å². The highest BCUT2D eigenvalue weighted by molar-refractivity contribution is 5.79. The number of piperazine rings is 1. The first-order valence-electron chi connectivity index (χ1n) is 10.3. The van der Waals surface area contributed by atoms with Gasteiger partial charge in [-0.2, -0.15) is 0 Å². The normalized spacial score (nSPS) is 17.7. The predicted octanol–water partition coefficient (Wildman–Crippen LogP) is 2.26. The lowest BCUT2D eigenvalue weighted by Crippen LogP contribution is -2.50. The molecule has 1 aromatic carbocycles. The molecule has 0 amide bonds. The third-order valence-electron chi connectivity index (χ3n) is 5.33. The van der Waals surface area contributed by atoms with E-state index in [0.717, 1.165) is 70.3 Å². The van der Waals surface area contributed by atoms with Crippen molar-refractivity contribution in [3.63, 3.8) is 0 Å². The maximum atomic E-state index is 13.2. The molecule has 0 spiro atoms. The Morgan fingerprint density at radius 2 is 1.93 bits per heavy atom. The Kier molecular flexibility index (Phi) is 9.01. The molecule has 1 unspecified atom stereocenters. The Balaban J connectivity index is 1.81. The van der Waals surface area contributed by atoms with E-state index >= 15 is 0 Å². The molecule has 5 nitrogen and oxygen atoms in total. The highest BCUT2D eigenvalue weighted by Gasteiger charge is 2.19. The second-order valence-electron chi connectivity index (χ2n) is 7.29. The van der Waals surface area contributed by atoms with E-state index in [2.05, 4.69) is 41.2 Å². The molecule has 1 aliphatic rings.